The fraction of sp³-hybridized carbons (Fsp3) is 0.133. The maximum absolute atomic E-state index is 9.17. The van der Waals surface area contributed by atoms with Crippen LogP contribution in [0.4, 0.5) is 0 Å². The number of hydrogen-bond donors (Lipinski definition) is 0. The Hall–Kier alpha value is -1.59. The molecule has 0 unspecified atom stereocenters. The second-order valence-electron chi connectivity index (χ2n) is 3.94. The Bertz CT molecular complexity index is 582. The Morgan fingerprint density at radius 1 is 1.12 bits per heavy atom. The number of rotatable bonds is 2. The lowest BCUT2D eigenvalue weighted by atomic mass is 9.95. The van der Waals surface area contributed by atoms with Crippen LogP contribution in [0.25, 0.3) is 11.1 Å². The van der Waals surface area contributed by atoms with Gasteiger partial charge in [0, 0.05) is 5.33 Å². The molecule has 0 spiro atoms. The van der Waals surface area contributed by atoms with E-state index in [2.05, 4.69) is 47.1 Å². The van der Waals surface area contributed by atoms with Gasteiger partial charge in [0.25, 0.3) is 0 Å². The van der Waals surface area contributed by atoms with E-state index in [1.165, 1.54) is 11.1 Å². The van der Waals surface area contributed by atoms with Gasteiger partial charge in [-0.25, -0.2) is 0 Å². The summed E-state index contributed by atoms with van der Waals surface area (Å²) < 4.78 is 0. The van der Waals surface area contributed by atoms with Gasteiger partial charge in [-0.3, -0.25) is 0 Å². The molecule has 0 atom stereocenters. The van der Waals surface area contributed by atoms with Crippen LogP contribution in [0.2, 0.25) is 0 Å². The highest BCUT2D eigenvalue weighted by Gasteiger charge is 2.07. The average Bonchev–Trinajstić information content (AvgIpc) is 2.38. The third kappa shape index (κ3) is 2.40. The minimum absolute atomic E-state index is 0.726. The molecule has 1 nitrogen and oxygen atoms in total. The molecule has 17 heavy (non-hydrogen) atoms. The van der Waals surface area contributed by atoms with Gasteiger partial charge in [-0.1, -0.05) is 46.3 Å². The van der Waals surface area contributed by atoms with Gasteiger partial charge in [-0.2, -0.15) is 5.26 Å². The van der Waals surface area contributed by atoms with E-state index < -0.39 is 0 Å². The summed E-state index contributed by atoms with van der Waals surface area (Å²) in [5.74, 6) is 0. The van der Waals surface area contributed by atoms with Gasteiger partial charge >= 0.3 is 0 Å². The molecule has 0 N–H and O–H groups in total. The third-order valence-electron chi connectivity index (χ3n) is 2.79. The first-order valence-corrected chi connectivity index (χ1v) is 6.53. The van der Waals surface area contributed by atoms with Crippen LogP contribution in [-0.2, 0) is 5.33 Å². The molecule has 84 valence electrons. The lowest BCUT2D eigenvalue weighted by Gasteiger charge is -2.09. The predicted molar refractivity (Wildman–Crippen MR) is 74.0 cm³/mol. The van der Waals surface area contributed by atoms with Gasteiger partial charge in [0.05, 0.1) is 11.6 Å². The molecule has 2 rings (SSSR count). The van der Waals surface area contributed by atoms with Gasteiger partial charge in [0.15, 0.2) is 0 Å². The third-order valence-corrected chi connectivity index (χ3v) is 3.44. The van der Waals surface area contributed by atoms with Crippen molar-refractivity contribution in [2.45, 2.75) is 12.3 Å². The molecule has 0 aromatic heterocycles. The van der Waals surface area contributed by atoms with Crippen molar-refractivity contribution in [2.75, 3.05) is 0 Å². The molecule has 0 aliphatic rings. The van der Waals surface area contributed by atoms with Crippen LogP contribution >= 0.6 is 15.9 Å². The van der Waals surface area contributed by atoms with Gasteiger partial charge < -0.3 is 0 Å². The fourth-order valence-corrected chi connectivity index (χ4v) is 2.22. The highest BCUT2D eigenvalue weighted by molar-refractivity contribution is 9.08. The molecule has 0 amide bonds. The normalized spacial score (nSPS) is 9.94. The SMILES string of the molecule is Cc1ccccc1-c1cc(CBr)ccc1C#N. The van der Waals surface area contributed by atoms with E-state index in [4.69, 9.17) is 0 Å². The summed E-state index contributed by atoms with van der Waals surface area (Å²) in [5.41, 5.74) is 5.25. The summed E-state index contributed by atoms with van der Waals surface area (Å²) >= 11 is 3.45. The van der Waals surface area contributed by atoms with Crippen LogP contribution in [0.1, 0.15) is 16.7 Å². The second-order valence-corrected chi connectivity index (χ2v) is 4.50. The van der Waals surface area contributed by atoms with Crippen molar-refractivity contribution in [2.24, 2.45) is 0 Å². The van der Waals surface area contributed by atoms with Crippen LogP contribution in [0.15, 0.2) is 42.5 Å². The van der Waals surface area contributed by atoms with E-state index in [1.54, 1.807) is 0 Å². The molecule has 0 fully saturated rings. The van der Waals surface area contributed by atoms with Crippen molar-refractivity contribution in [3.63, 3.8) is 0 Å². The van der Waals surface area contributed by atoms with Crippen molar-refractivity contribution in [3.8, 4) is 17.2 Å². The zero-order valence-corrected chi connectivity index (χ0v) is 11.2. The number of hydrogen-bond acceptors (Lipinski definition) is 1. The lowest BCUT2D eigenvalue weighted by Crippen LogP contribution is -1.89. The first kappa shape index (κ1) is 11.9. The number of nitrogens with zero attached hydrogens (tertiary/aromatic N) is 1. The Balaban J connectivity index is 2.66. The van der Waals surface area contributed by atoms with E-state index in [0.717, 1.165) is 22.0 Å². The van der Waals surface area contributed by atoms with Crippen molar-refractivity contribution >= 4 is 15.9 Å². The largest absolute Gasteiger partial charge is 0.192 e. The first-order chi connectivity index (χ1) is 8.26. The summed E-state index contributed by atoms with van der Waals surface area (Å²) in [7, 11) is 0. The van der Waals surface area contributed by atoms with E-state index in [1.807, 2.05) is 24.3 Å². The minimum Gasteiger partial charge on any atom is -0.192 e. The van der Waals surface area contributed by atoms with E-state index in [9.17, 15) is 5.26 Å². The number of alkyl halides is 1. The summed E-state index contributed by atoms with van der Waals surface area (Å²) in [4.78, 5) is 0. The van der Waals surface area contributed by atoms with E-state index in [0.29, 0.717) is 0 Å². The van der Waals surface area contributed by atoms with Crippen LogP contribution in [0, 0.1) is 18.3 Å². The monoisotopic (exact) mass is 285 g/mol. The molecular weight excluding hydrogens is 274 g/mol. The van der Waals surface area contributed by atoms with Crippen molar-refractivity contribution in [1.82, 2.24) is 0 Å². The quantitative estimate of drug-likeness (QED) is 0.749. The first-order valence-electron chi connectivity index (χ1n) is 5.41. The second kappa shape index (κ2) is 5.16. The molecule has 0 aliphatic heterocycles. The number of benzene rings is 2. The zero-order chi connectivity index (χ0) is 12.3. The highest BCUT2D eigenvalue weighted by atomic mass is 79.9. The van der Waals surface area contributed by atoms with Gasteiger partial charge in [-0.15, -0.1) is 0 Å². The molecule has 0 heterocycles. The Kier molecular flexibility index (Phi) is 3.61. The number of halogens is 1. The van der Waals surface area contributed by atoms with Gasteiger partial charge in [0.1, 0.15) is 0 Å². The summed E-state index contributed by atoms with van der Waals surface area (Å²) in [5, 5.41) is 9.98. The van der Waals surface area contributed by atoms with Crippen LogP contribution in [-0.4, -0.2) is 0 Å². The molecular formula is C15H12BrN. The topological polar surface area (TPSA) is 23.8 Å². The molecule has 0 saturated heterocycles. The van der Waals surface area contributed by atoms with Crippen LogP contribution < -0.4 is 0 Å². The number of aryl methyl sites for hydroxylation is 1. The van der Waals surface area contributed by atoms with Crippen molar-refractivity contribution in [3.05, 3.63) is 59.2 Å². The molecule has 2 aromatic rings. The molecule has 0 aliphatic carbocycles. The smallest absolute Gasteiger partial charge is 0.0998 e. The van der Waals surface area contributed by atoms with Gasteiger partial charge in [-0.05, 0) is 41.3 Å². The Morgan fingerprint density at radius 2 is 1.88 bits per heavy atom. The molecule has 2 heteroatoms. The predicted octanol–water partition coefficient (Wildman–Crippen LogP) is 4.43. The Labute approximate surface area is 110 Å². The fourth-order valence-electron chi connectivity index (χ4n) is 1.87. The zero-order valence-electron chi connectivity index (χ0n) is 9.57. The molecule has 0 bridgehead atoms. The summed E-state index contributed by atoms with van der Waals surface area (Å²) in [6.45, 7) is 2.07. The van der Waals surface area contributed by atoms with Crippen molar-refractivity contribution in [1.29, 1.82) is 5.26 Å². The minimum atomic E-state index is 0.726. The lowest BCUT2D eigenvalue weighted by molar-refractivity contribution is 1.38. The Morgan fingerprint density at radius 3 is 2.53 bits per heavy atom. The maximum atomic E-state index is 9.17. The van der Waals surface area contributed by atoms with E-state index >= 15 is 0 Å². The van der Waals surface area contributed by atoms with Crippen molar-refractivity contribution < 1.29 is 0 Å². The average molecular weight is 286 g/mol. The van der Waals surface area contributed by atoms with Crippen LogP contribution in [0.5, 0.6) is 0 Å². The van der Waals surface area contributed by atoms with Gasteiger partial charge in [0.2, 0.25) is 0 Å². The molecule has 2 aromatic carbocycles. The highest BCUT2D eigenvalue weighted by Crippen LogP contribution is 2.28. The molecule has 0 radical (unpaired) electrons. The van der Waals surface area contributed by atoms with Crippen LogP contribution in [0.3, 0.4) is 0 Å². The maximum Gasteiger partial charge on any atom is 0.0998 e. The summed E-state index contributed by atoms with van der Waals surface area (Å²) in [6, 6.07) is 16.3. The number of nitriles is 1. The summed E-state index contributed by atoms with van der Waals surface area (Å²) in [6.07, 6.45) is 0. The molecule has 0 saturated carbocycles. The standard InChI is InChI=1S/C15H12BrN/c1-11-4-2-3-5-14(11)15-8-12(9-16)6-7-13(15)10-17/h2-8H,9H2,1H3. The van der Waals surface area contributed by atoms with E-state index in [-0.39, 0.29) is 0 Å².